The van der Waals surface area contributed by atoms with Gasteiger partial charge in [-0.1, -0.05) is 37.3 Å². The van der Waals surface area contributed by atoms with Gasteiger partial charge in [-0.05, 0) is 36.2 Å². The van der Waals surface area contributed by atoms with Crippen LogP contribution in [0.25, 0.3) is 0 Å². The largest absolute Gasteiger partial charge is 0.357 e. The number of hydrogen-bond acceptors (Lipinski definition) is 4. The monoisotopic (exact) mass is 435 g/mol. The molecular formula is C21H26FN3O4S. The number of nitrogens with zero attached hydrogens (tertiary/aromatic N) is 2. The van der Waals surface area contributed by atoms with Gasteiger partial charge >= 0.3 is 0 Å². The second-order valence-electron chi connectivity index (χ2n) is 6.79. The Labute approximate surface area is 176 Å². The molecule has 0 aliphatic heterocycles. The first-order chi connectivity index (χ1) is 14.2. The number of benzene rings is 2. The first-order valence-corrected chi connectivity index (χ1v) is 11.3. The van der Waals surface area contributed by atoms with Gasteiger partial charge in [0.2, 0.25) is 21.8 Å². The summed E-state index contributed by atoms with van der Waals surface area (Å²) in [4.78, 5) is 27.0. The summed E-state index contributed by atoms with van der Waals surface area (Å²) in [5, 5.41) is 2.55. The summed E-state index contributed by atoms with van der Waals surface area (Å²) in [7, 11) is -2.34. The molecule has 9 heteroatoms. The fourth-order valence-electron chi connectivity index (χ4n) is 3.09. The molecule has 0 fully saturated rings. The van der Waals surface area contributed by atoms with Crippen molar-refractivity contribution in [1.29, 1.82) is 0 Å². The highest BCUT2D eigenvalue weighted by molar-refractivity contribution is 7.92. The number of carbonyl (C=O) groups excluding carboxylic acids is 2. The van der Waals surface area contributed by atoms with Gasteiger partial charge in [0.1, 0.15) is 18.4 Å². The van der Waals surface area contributed by atoms with E-state index in [9.17, 15) is 22.4 Å². The number of carbonyl (C=O) groups is 2. The lowest BCUT2D eigenvalue weighted by atomic mass is 10.1. The Morgan fingerprint density at radius 3 is 2.17 bits per heavy atom. The molecule has 2 aromatic rings. The molecule has 2 amide bonds. The maximum atomic E-state index is 13.3. The van der Waals surface area contributed by atoms with Crippen molar-refractivity contribution in [2.24, 2.45) is 0 Å². The van der Waals surface area contributed by atoms with Crippen molar-refractivity contribution in [2.45, 2.75) is 25.9 Å². The van der Waals surface area contributed by atoms with Crippen molar-refractivity contribution in [3.63, 3.8) is 0 Å². The molecule has 1 N–H and O–H groups in total. The van der Waals surface area contributed by atoms with Gasteiger partial charge in [-0.3, -0.25) is 13.9 Å². The van der Waals surface area contributed by atoms with Crippen molar-refractivity contribution in [2.75, 3.05) is 24.2 Å². The molecule has 2 rings (SSSR count). The molecule has 0 saturated heterocycles. The fraction of sp³-hybridized carbons (Fsp3) is 0.333. The van der Waals surface area contributed by atoms with Crippen LogP contribution in [0.4, 0.5) is 10.1 Å². The quantitative estimate of drug-likeness (QED) is 0.654. The predicted molar refractivity (Wildman–Crippen MR) is 114 cm³/mol. The molecular weight excluding hydrogens is 409 g/mol. The topological polar surface area (TPSA) is 86.8 Å². The molecule has 1 atom stereocenters. The standard InChI is InChI=1S/C21H26FN3O4S/c1-4-19(21(27)23-2)24(14-16-8-6-5-7-9-16)20(26)15-25(30(3,28)29)18-12-10-17(22)11-13-18/h5-13,19H,4,14-15H2,1-3H3,(H,23,27)/t19-/m1/s1. The lowest BCUT2D eigenvalue weighted by molar-refractivity contribution is -0.140. The Morgan fingerprint density at radius 1 is 1.07 bits per heavy atom. The van der Waals surface area contributed by atoms with E-state index in [1.54, 1.807) is 6.92 Å². The third kappa shape index (κ3) is 6.03. The third-order valence-corrected chi connectivity index (χ3v) is 5.76. The first-order valence-electron chi connectivity index (χ1n) is 9.45. The highest BCUT2D eigenvalue weighted by atomic mass is 32.2. The van der Waals surface area contributed by atoms with E-state index < -0.39 is 34.3 Å². The summed E-state index contributed by atoms with van der Waals surface area (Å²) >= 11 is 0. The molecule has 0 spiro atoms. The molecule has 0 heterocycles. The van der Waals surface area contributed by atoms with Gasteiger partial charge in [0.05, 0.1) is 11.9 Å². The minimum Gasteiger partial charge on any atom is -0.357 e. The zero-order chi connectivity index (χ0) is 22.3. The van der Waals surface area contributed by atoms with Crippen LogP contribution in [0.3, 0.4) is 0 Å². The number of anilines is 1. The van der Waals surface area contributed by atoms with Gasteiger partial charge in [-0.25, -0.2) is 12.8 Å². The van der Waals surface area contributed by atoms with E-state index in [-0.39, 0.29) is 18.1 Å². The fourth-order valence-corrected chi connectivity index (χ4v) is 3.94. The summed E-state index contributed by atoms with van der Waals surface area (Å²) in [6.07, 6.45) is 1.33. The van der Waals surface area contributed by atoms with Crippen LogP contribution >= 0.6 is 0 Å². The van der Waals surface area contributed by atoms with Crippen molar-refractivity contribution in [1.82, 2.24) is 10.2 Å². The Kier molecular flexibility index (Phi) is 7.93. The Balaban J connectivity index is 2.39. The average Bonchev–Trinajstić information content (AvgIpc) is 2.72. The van der Waals surface area contributed by atoms with E-state index in [1.165, 1.54) is 24.1 Å². The second kappa shape index (κ2) is 10.2. The van der Waals surface area contributed by atoms with Crippen molar-refractivity contribution in [3.05, 3.63) is 66.0 Å². The Bertz CT molecular complexity index is 966. The number of nitrogens with one attached hydrogen (secondary N) is 1. The average molecular weight is 436 g/mol. The van der Waals surface area contributed by atoms with Gasteiger partial charge in [-0.2, -0.15) is 0 Å². The summed E-state index contributed by atoms with van der Waals surface area (Å²) in [5.41, 5.74) is 0.973. The number of hydrogen-bond donors (Lipinski definition) is 1. The normalized spacial score (nSPS) is 12.1. The van der Waals surface area contributed by atoms with E-state index in [0.717, 1.165) is 28.3 Å². The van der Waals surface area contributed by atoms with Crippen LogP contribution in [-0.4, -0.2) is 51.0 Å². The zero-order valence-corrected chi connectivity index (χ0v) is 18.0. The summed E-state index contributed by atoms with van der Waals surface area (Å²) < 4.78 is 38.9. The third-order valence-electron chi connectivity index (χ3n) is 4.62. The number of likely N-dealkylation sites (N-methyl/N-ethyl adjacent to an activating group) is 1. The van der Waals surface area contributed by atoms with E-state index in [2.05, 4.69) is 5.32 Å². The number of halogens is 1. The molecule has 162 valence electrons. The summed E-state index contributed by atoms with van der Waals surface area (Å²) in [5.74, 6) is -1.39. The van der Waals surface area contributed by atoms with Crippen molar-refractivity contribution < 1.29 is 22.4 Å². The minimum atomic E-state index is -3.83. The van der Waals surface area contributed by atoms with Crippen LogP contribution in [0.15, 0.2) is 54.6 Å². The molecule has 0 bridgehead atoms. The molecule has 0 aliphatic carbocycles. The summed E-state index contributed by atoms with van der Waals surface area (Å²) in [6.45, 7) is 1.41. The van der Waals surface area contributed by atoms with Gasteiger partial charge in [0, 0.05) is 13.6 Å². The van der Waals surface area contributed by atoms with Crippen LogP contribution in [0.2, 0.25) is 0 Å². The van der Waals surface area contributed by atoms with Crippen LogP contribution in [0, 0.1) is 5.82 Å². The zero-order valence-electron chi connectivity index (χ0n) is 17.2. The van der Waals surface area contributed by atoms with Crippen LogP contribution in [0.5, 0.6) is 0 Å². The van der Waals surface area contributed by atoms with Crippen LogP contribution in [0.1, 0.15) is 18.9 Å². The summed E-state index contributed by atoms with van der Waals surface area (Å²) in [6, 6.07) is 13.2. The number of rotatable bonds is 9. The first kappa shape index (κ1) is 23.3. The van der Waals surface area contributed by atoms with Crippen LogP contribution < -0.4 is 9.62 Å². The Morgan fingerprint density at radius 2 is 1.67 bits per heavy atom. The smallest absolute Gasteiger partial charge is 0.244 e. The molecule has 30 heavy (non-hydrogen) atoms. The lowest BCUT2D eigenvalue weighted by Crippen LogP contribution is -2.51. The maximum Gasteiger partial charge on any atom is 0.244 e. The van der Waals surface area contributed by atoms with Gasteiger partial charge < -0.3 is 10.2 Å². The van der Waals surface area contributed by atoms with E-state index >= 15 is 0 Å². The van der Waals surface area contributed by atoms with Crippen molar-refractivity contribution in [3.8, 4) is 0 Å². The Hall–Kier alpha value is -2.94. The SMILES string of the molecule is CC[C@H](C(=O)NC)N(Cc1ccccc1)C(=O)CN(c1ccc(F)cc1)S(C)(=O)=O. The maximum absolute atomic E-state index is 13.3. The lowest BCUT2D eigenvalue weighted by Gasteiger charge is -2.32. The van der Waals surface area contributed by atoms with Gasteiger partial charge in [0.25, 0.3) is 0 Å². The van der Waals surface area contributed by atoms with Gasteiger partial charge in [-0.15, -0.1) is 0 Å². The molecule has 0 aromatic heterocycles. The second-order valence-corrected chi connectivity index (χ2v) is 8.70. The van der Waals surface area contributed by atoms with Crippen LogP contribution in [-0.2, 0) is 26.2 Å². The highest BCUT2D eigenvalue weighted by Gasteiger charge is 2.31. The molecule has 0 radical (unpaired) electrons. The molecule has 0 unspecified atom stereocenters. The minimum absolute atomic E-state index is 0.145. The number of amides is 2. The van der Waals surface area contributed by atoms with E-state index in [0.29, 0.717) is 6.42 Å². The molecule has 2 aromatic carbocycles. The van der Waals surface area contributed by atoms with Crippen molar-refractivity contribution >= 4 is 27.5 Å². The molecule has 0 saturated carbocycles. The highest BCUT2D eigenvalue weighted by Crippen LogP contribution is 2.20. The van der Waals surface area contributed by atoms with E-state index in [4.69, 9.17) is 0 Å². The van der Waals surface area contributed by atoms with E-state index in [1.807, 2.05) is 30.3 Å². The van der Waals surface area contributed by atoms with Gasteiger partial charge in [0.15, 0.2) is 0 Å². The predicted octanol–water partition coefficient (Wildman–Crippen LogP) is 2.15. The molecule has 7 nitrogen and oxygen atoms in total. The molecule has 0 aliphatic rings. The number of sulfonamides is 1.